The normalized spacial score (nSPS) is 17.8. The molecule has 1 aromatic heterocycles. The zero-order chi connectivity index (χ0) is 19.5. The zero-order valence-corrected chi connectivity index (χ0v) is 16.2. The molecule has 0 radical (unpaired) electrons. The third-order valence-corrected chi connectivity index (χ3v) is 5.64. The van der Waals surface area contributed by atoms with Crippen LogP contribution in [0.5, 0.6) is 0 Å². The molecule has 1 aromatic carbocycles. The van der Waals surface area contributed by atoms with Crippen molar-refractivity contribution in [2.75, 3.05) is 41.3 Å². The molecule has 2 aliphatic heterocycles. The fraction of sp³-hybridized carbons (Fsp3) is 0.476. The third-order valence-electron chi connectivity index (χ3n) is 5.64. The second-order valence-corrected chi connectivity index (χ2v) is 7.66. The van der Waals surface area contributed by atoms with E-state index in [-0.39, 0.29) is 23.3 Å². The smallest absolute Gasteiger partial charge is 0.227 e. The van der Waals surface area contributed by atoms with Crippen LogP contribution in [0, 0.1) is 18.7 Å². The number of amides is 1. The number of carbonyl (C=O) groups is 1. The van der Waals surface area contributed by atoms with Gasteiger partial charge in [-0.05, 0) is 50.3 Å². The van der Waals surface area contributed by atoms with Crippen molar-refractivity contribution in [1.29, 1.82) is 0 Å². The topological polar surface area (TPSA) is 61.4 Å². The van der Waals surface area contributed by atoms with Crippen LogP contribution in [0.15, 0.2) is 30.6 Å². The van der Waals surface area contributed by atoms with Crippen molar-refractivity contribution in [1.82, 2.24) is 9.97 Å². The monoisotopic (exact) mass is 383 g/mol. The quantitative estimate of drug-likeness (QED) is 0.877. The first-order valence-electron chi connectivity index (χ1n) is 9.99. The van der Waals surface area contributed by atoms with Crippen molar-refractivity contribution in [3.05, 3.63) is 42.0 Å². The summed E-state index contributed by atoms with van der Waals surface area (Å²) in [5.41, 5.74) is 1.09. The molecule has 2 aliphatic rings. The number of piperidine rings is 1. The maximum absolute atomic E-state index is 14.0. The number of rotatable bonds is 4. The molecule has 2 aromatic rings. The predicted octanol–water partition coefficient (Wildman–Crippen LogP) is 3.38. The Hall–Kier alpha value is -2.70. The predicted molar refractivity (Wildman–Crippen MR) is 108 cm³/mol. The average molecular weight is 383 g/mol. The van der Waals surface area contributed by atoms with E-state index < -0.39 is 0 Å². The molecule has 1 amide bonds. The zero-order valence-electron chi connectivity index (χ0n) is 16.2. The van der Waals surface area contributed by atoms with E-state index in [0.29, 0.717) is 0 Å². The van der Waals surface area contributed by atoms with Crippen molar-refractivity contribution in [2.24, 2.45) is 5.92 Å². The molecule has 6 nitrogen and oxygen atoms in total. The van der Waals surface area contributed by atoms with Gasteiger partial charge in [0.25, 0.3) is 0 Å². The number of aromatic nitrogens is 2. The van der Waals surface area contributed by atoms with Crippen molar-refractivity contribution in [3.63, 3.8) is 0 Å². The third kappa shape index (κ3) is 4.08. The van der Waals surface area contributed by atoms with Gasteiger partial charge in [-0.2, -0.15) is 0 Å². The molecule has 7 heteroatoms. The van der Waals surface area contributed by atoms with Gasteiger partial charge in [0.15, 0.2) is 0 Å². The summed E-state index contributed by atoms with van der Waals surface area (Å²) in [5.74, 6) is 1.29. The fourth-order valence-electron chi connectivity index (χ4n) is 3.96. The molecule has 28 heavy (non-hydrogen) atoms. The molecule has 2 fully saturated rings. The largest absolute Gasteiger partial charge is 0.356 e. The van der Waals surface area contributed by atoms with Gasteiger partial charge in [0.2, 0.25) is 5.91 Å². The first kappa shape index (κ1) is 18.7. The van der Waals surface area contributed by atoms with Gasteiger partial charge in [0.05, 0.1) is 5.69 Å². The van der Waals surface area contributed by atoms with Gasteiger partial charge < -0.3 is 15.1 Å². The highest BCUT2D eigenvalue weighted by molar-refractivity contribution is 5.92. The van der Waals surface area contributed by atoms with E-state index in [0.717, 1.165) is 56.2 Å². The summed E-state index contributed by atoms with van der Waals surface area (Å²) in [6, 6.07) is 6.91. The van der Waals surface area contributed by atoms with Crippen molar-refractivity contribution in [3.8, 4) is 0 Å². The molecule has 0 atom stereocenters. The number of hydrogen-bond acceptors (Lipinski definition) is 5. The summed E-state index contributed by atoms with van der Waals surface area (Å²) in [7, 11) is 0. The molecular formula is C21H26FN5O. The minimum Gasteiger partial charge on any atom is -0.356 e. The maximum atomic E-state index is 14.0. The minimum atomic E-state index is -0.388. The summed E-state index contributed by atoms with van der Waals surface area (Å²) < 4.78 is 14.0. The number of benzene rings is 1. The number of nitrogens with one attached hydrogen (secondary N) is 1. The molecule has 0 aliphatic carbocycles. The highest BCUT2D eigenvalue weighted by atomic mass is 19.1. The van der Waals surface area contributed by atoms with Gasteiger partial charge in [-0.3, -0.25) is 4.79 Å². The van der Waals surface area contributed by atoms with Gasteiger partial charge in [0.1, 0.15) is 23.8 Å². The van der Waals surface area contributed by atoms with Crippen molar-refractivity contribution in [2.45, 2.75) is 32.6 Å². The molecule has 148 valence electrons. The van der Waals surface area contributed by atoms with E-state index in [2.05, 4.69) is 25.1 Å². The Bertz CT molecular complexity index is 844. The molecule has 0 spiro atoms. The van der Waals surface area contributed by atoms with E-state index in [4.69, 9.17) is 0 Å². The van der Waals surface area contributed by atoms with E-state index in [1.54, 1.807) is 18.5 Å². The molecule has 0 bridgehead atoms. The first-order valence-corrected chi connectivity index (χ1v) is 9.99. The Labute approximate surface area is 164 Å². The van der Waals surface area contributed by atoms with Crippen LogP contribution in [0.1, 0.15) is 31.2 Å². The standard InChI is InChI=1S/C21H26FN5O/c1-15-4-5-18(17(22)12-15)25-21(28)16-6-10-27(11-7-16)20-13-19(23-14-24-20)26-8-2-3-9-26/h4-5,12-14,16H,2-3,6-11H2,1H3,(H,25,28). The maximum Gasteiger partial charge on any atom is 0.227 e. The second-order valence-electron chi connectivity index (χ2n) is 7.66. The Morgan fingerprint density at radius 3 is 2.32 bits per heavy atom. The Morgan fingerprint density at radius 1 is 1.04 bits per heavy atom. The molecule has 4 rings (SSSR count). The summed E-state index contributed by atoms with van der Waals surface area (Å²) in [6.07, 6.45) is 5.50. The van der Waals surface area contributed by atoms with Crippen LogP contribution in [-0.2, 0) is 4.79 Å². The molecule has 2 saturated heterocycles. The first-order chi connectivity index (χ1) is 13.6. The molecule has 1 N–H and O–H groups in total. The minimum absolute atomic E-state index is 0.108. The highest BCUT2D eigenvalue weighted by Gasteiger charge is 2.26. The van der Waals surface area contributed by atoms with Crippen LogP contribution in [0.2, 0.25) is 0 Å². The fourth-order valence-corrected chi connectivity index (χ4v) is 3.96. The summed E-state index contributed by atoms with van der Waals surface area (Å²) in [5, 5.41) is 2.74. The number of hydrogen-bond donors (Lipinski definition) is 1. The number of halogens is 1. The lowest BCUT2D eigenvalue weighted by molar-refractivity contribution is -0.120. The van der Waals surface area contributed by atoms with Gasteiger partial charge in [-0.25, -0.2) is 14.4 Å². The van der Waals surface area contributed by atoms with Crippen molar-refractivity contribution < 1.29 is 9.18 Å². The van der Waals surface area contributed by atoms with E-state index >= 15 is 0 Å². The van der Waals surface area contributed by atoms with E-state index in [1.165, 1.54) is 18.9 Å². The Morgan fingerprint density at radius 2 is 1.68 bits per heavy atom. The summed E-state index contributed by atoms with van der Waals surface area (Å²) in [4.78, 5) is 25.9. The van der Waals surface area contributed by atoms with E-state index in [9.17, 15) is 9.18 Å². The molecule has 3 heterocycles. The lowest BCUT2D eigenvalue weighted by atomic mass is 9.95. The van der Waals surface area contributed by atoms with Crippen LogP contribution >= 0.6 is 0 Å². The van der Waals surface area contributed by atoms with Gasteiger partial charge in [-0.15, -0.1) is 0 Å². The molecule has 0 saturated carbocycles. The average Bonchev–Trinajstić information content (AvgIpc) is 3.25. The molecule has 0 unspecified atom stereocenters. The number of nitrogens with zero attached hydrogens (tertiary/aromatic N) is 4. The second kappa shape index (κ2) is 8.12. The van der Waals surface area contributed by atoms with Crippen LogP contribution < -0.4 is 15.1 Å². The van der Waals surface area contributed by atoms with E-state index in [1.807, 2.05) is 13.0 Å². The van der Waals surface area contributed by atoms with Crippen molar-refractivity contribution >= 4 is 23.2 Å². The Kier molecular flexibility index (Phi) is 5.41. The van der Waals surface area contributed by atoms with Crippen LogP contribution in [-0.4, -0.2) is 42.1 Å². The summed E-state index contributed by atoms with van der Waals surface area (Å²) in [6.45, 7) is 5.44. The number of anilines is 3. The number of aryl methyl sites for hydroxylation is 1. The van der Waals surface area contributed by atoms with Gasteiger partial charge >= 0.3 is 0 Å². The summed E-state index contributed by atoms with van der Waals surface area (Å²) >= 11 is 0. The van der Waals surface area contributed by atoms with Gasteiger partial charge in [0, 0.05) is 38.2 Å². The highest BCUT2D eigenvalue weighted by Crippen LogP contribution is 2.26. The van der Waals surface area contributed by atoms with Gasteiger partial charge in [-0.1, -0.05) is 6.07 Å². The van der Waals surface area contributed by atoms with Crippen LogP contribution in [0.4, 0.5) is 21.7 Å². The van der Waals surface area contributed by atoms with Crippen LogP contribution in [0.3, 0.4) is 0 Å². The number of carbonyl (C=O) groups excluding carboxylic acids is 1. The SMILES string of the molecule is Cc1ccc(NC(=O)C2CCN(c3cc(N4CCCC4)ncn3)CC2)c(F)c1. The Balaban J connectivity index is 1.35. The van der Waals surface area contributed by atoms with Crippen LogP contribution in [0.25, 0.3) is 0 Å². The molecular weight excluding hydrogens is 357 g/mol. The lowest BCUT2D eigenvalue weighted by Crippen LogP contribution is -2.38. The lowest BCUT2D eigenvalue weighted by Gasteiger charge is -2.32.